The maximum absolute atomic E-state index is 12.7. The van der Waals surface area contributed by atoms with Crippen LogP contribution < -0.4 is 5.73 Å². The van der Waals surface area contributed by atoms with Gasteiger partial charge in [0.25, 0.3) is 0 Å². The number of carbonyl (C=O) groups excluding carboxylic acids is 1. The van der Waals surface area contributed by atoms with E-state index in [9.17, 15) is 4.79 Å². The molecule has 1 aromatic carbocycles. The summed E-state index contributed by atoms with van der Waals surface area (Å²) in [7, 11) is 0. The van der Waals surface area contributed by atoms with E-state index >= 15 is 0 Å². The molecule has 0 spiro atoms. The van der Waals surface area contributed by atoms with Crippen LogP contribution in [-0.2, 0) is 11.2 Å². The maximum atomic E-state index is 12.7. The Morgan fingerprint density at radius 1 is 1.26 bits per heavy atom. The summed E-state index contributed by atoms with van der Waals surface area (Å²) in [4.78, 5) is 14.7. The van der Waals surface area contributed by atoms with E-state index in [1.54, 1.807) is 0 Å². The number of halogens is 1. The van der Waals surface area contributed by atoms with Gasteiger partial charge in [0, 0.05) is 25.6 Å². The molecule has 0 aromatic heterocycles. The number of hydrogen-bond acceptors (Lipinski definition) is 2. The molecule has 1 fully saturated rings. The lowest BCUT2D eigenvalue weighted by molar-refractivity contribution is -0.132. The maximum Gasteiger partial charge on any atom is 0.222 e. The molecule has 1 saturated carbocycles. The molecule has 0 heterocycles. The average molecular weight is 339 g/mol. The Hall–Kier alpha value is -1.06. The van der Waals surface area contributed by atoms with E-state index in [2.05, 4.69) is 38.1 Å². The fourth-order valence-corrected chi connectivity index (χ4v) is 3.34. The molecule has 1 aliphatic carbocycles. The van der Waals surface area contributed by atoms with Gasteiger partial charge in [0.15, 0.2) is 0 Å². The second kappa shape index (κ2) is 9.94. The molecular formula is C19H31ClN2O. The van der Waals surface area contributed by atoms with Crippen LogP contribution in [0.3, 0.4) is 0 Å². The van der Waals surface area contributed by atoms with Crippen LogP contribution in [0.4, 0.5) is 0 Å². The Morgan fingerprint density at radius 2 is 1.96 bits per heavy atom. The zero-order valence-corrected chi connectivity index (χ0v) is 15.2. The first-order chi connectivity index (χ1) is 10.6. The quantitative estimate of drug-likeness (QED) is 0.824. The highest BCUT2D eigenvalue weighted by molar-refractivity contribution is 5.85. The van der Waals surface area contributed by atoms with Gasteiger partial charge in [-0.15, -0.1) is 12.4 Å². The summed E-state index contributed by atoms with van der Waals surface area (Å²) < 4.78 is 0. The van der Waals surface area contributed by atoms with Gasteiger partial charge in [0.05, 0.1) is 0 Å². The third kappa shape index (κ3) is 6.52. The second-order valence-corrected chi connectivity index (χ2v) is 7.03. The smallest absolute Gasteiger partial charge is 0.222 e. The molecular weight excluding hydrogens is 308 g/mol. The van der Waals surface area contributed by atoms with E-state index in [4.69, 9.17) is 5.73 Å². The van der Waals surface area contributed by atoms with Crippen LogP contribution in [0, 0.1) is 11.8 Å². The van der Waals surface area contributed by atoms with Crippen molar-refractivity contribution in [2.45, 2.75) is 52.0 Å². The van der Waals surface area contributed by atoms with Crippen molar-refractivity contribution < 1.29 is 4.79 Å². The lowest BCUT2D eigenvalue weighted by Gasteiger charge is -2.27. The molecule has 0 bridgehead atoms. The van der Waals surface area contributed by atoms with Gasteiger partial charge in [-0.2, -0.15) is 0 Å². The lowest BCUT2D eigenvalue weighted by atomic mass is 9.99. The van der Waals surface area contributed by atoms with Crippen molar-refractivity contribution in [1.82, 2.24) is 4.90 Å². The molecule has 1 aromatic rings. The van der Waals surface area contributed by atoms with Gasteiger partial charge < -0.3 is 10.6 Å². The Balaban J connectivity index is 0.00000264. The monoisotopic (exact) mass is 338 g/mol. The van der Waals surface area contributed by atoms with Crippen LogP contribution in [0.15, 0.2) is 30.3 Å². The van der Waals surface area contributed by atoms with E-state index in [1.165, 1.54) is 12.0 Å². The van der Waals surface area contributed by atoms with E-state index < -0.39 is 0 Å². The van der Waals surface area contributed by atoms with Gasteiger partial charge in [-0.05, 0) is 36.7 Å². The van der Waals surface area contributed by atoms with Crippen molar-refractivity contribution in [3.63, 3.8) is 0 Å². The lowest BCUT2D eigenvalue weighted by Crippen LogP contribution is -2.38. The van der Waals surface area contributed by atoms with Gasteiger partial charge in [-0.3, -0.25) is 4.79 Å². The first-order valence-corrected chi connectivity index (χ1v) is 8.63. The predicted molar refractivity (Wildman–Crippen MR) is 98.7 cm³/mol. The minimum Gasteiger partial charge on any atom is -0.342 e. The first-order valence-electron chi connectivity index (χ1n) is 8.63. The highest BCUT2D eigenvalue weighted by Gasteiger charge is 2.28. The number of nitrogens with two attached hydrogens (primary N) is 1. The summed E-state index contributed by atoms with van der Waals surface area (Å²) in [5, 5.41) is 0. The minimum absolute atomic E-state index is 0. The number of nitrogens with zero attached hydrogens (tertiary/aromatic N) is 1. The zero-order valence-electron chi connectivity index (χ0n) is 14.4. The Labute approximate surface area is 147 Å². The molecule has 4 heteroatoms. The van der Waals surface area contributed by atoms with Crippen molar-refractivity contribution in [3.05, 3.63) is 35.9 Å². The van der Waals surface area contributed by atoms with Crippen LogP contribution in [0.5, 0.6) is 0 Å². The minimum atomic E-state index is 0. The Morgan fingerprint density at radius 3 is 2.52 bits per heavy atom. The molecule has 0 unspecified atom stereocenters. The first kappa shape index (κ1) is 20.0. The summed E-state index contributed by atoms with van der Waals surface area (Å²) >= 11 is 0. The van der Waals surface area contributed by atoms with E-state index in [0.29, 0.717) is 18.3 Å². The van der Waals surface area contributed by atoms with Crippen LogP contribution in [0.25, 0.3) is 0 Å². The molecule has 0 radical (unpaired) electrons. The highest BCUT2D eigenvalue weighted by atomic mass is 35.5. The third-order valence-electron chi connectivity index (χ3n) is 4.61. The summed E-state index contributed by atoms with van der Waals surface area (Å²) in [6.45, 7) is 5.99. The SMILES string of the molecule is CC(C)CN(CCc1ccccc1)C(=O)C[C@@H]1CCC[C@H]1N.Cl. The number of amides is 1. The van der Waals surface area contributed by atoms with Crippen molar-refractivity contribution >= 4 is 18.3 Å². The second-order valence-electron chi connectivity index (χ2n) is 7.03. The predicted octanol–water partition coefficient (Wildman–Crippen LogP) is 3.65. The molecule has 130 valence electrons. The Bertz CT molecular complexity index is 464. The molecule has 2 rings (SSSR count). The molecule has 0 aliphatic heterocycles. The summed E-state index contributed by atoms with van der Waals surface area (Å²) in [6.07, 6.45) is 4.92. The number of carbonyl (C=O) groups is 1. The number of benzene rings is 1. The molecule has 23 heavy (non-hydrogen) atoms. The van der Waals surface area contributed by atoms with E-state index in [0.717, 1.165) is 32.4 Å². The van der Waals surface area contributed by atoms with Gasteiger partial charge >= 0.3 is 0 Å². The molecule has 0 saturated heterocycles. The summed E-state index contributed by atoms with van der Waals surface area (Å²) in [5.41, 5.74) is 7.42. The van der Waals surface area contributed by atoms with Gasteiger partial charge in [0.1, 0.15) is 0 Å². The van der Waals surface area contributed by atoms with Crippen LogP contribution in [0.1, 0.15) is 45.1 Å². The van der Waals surface area contributed by atoms with Crippen molar-refractivity contribution in [2.24, 2.45) is 17.6 Å². The molecule has 1 aliphatic rings. The van der Waals surface area contributed by atoms with Crippen molar-refractivity contribution in [3.8, 4) is 0 Å². The normalized spacial score (nSPS) is 20.3. The molecule has 2 atom stereocenters. The highest BCUT2D eigenvalue weighted by Crippen LogP contribution is 2.27. The van der Waals surface area contributed by atoms with Gasteiger partial charge in [-0.1, -0.05) is 50.6 Å². The molecule has 2 N–H and O–H groups in total. The third-order valence-corrected chi connectivity index (χ3v) is 4.61. The van der Waals surface area contributed by atoms with Crippen LogP contribution in [-0.4, -0.2) is 29.9 Å². The summed E-state index contributed by atoms with van der Waals surface area (Å²) in [6, 6.07) is 10.6. The number of hydrogen-bond donors (Lipinski definition) is 1. The van der Waals surface area contributed by atoms with Crippen LogP contribution in [0.2, 0.25) is 0 Å². The molecule has 3 nitrogen and oxygen atoms in total. The van der Waals surface area contributed by atoms with Gasteiger partial charge in [0.2, 0.25) is 5.91 Å². The Kier molecular flexibility index (Phi) is 8.64. The fraction of sp³-hybridized carbons (Fsp3) is 0.632. The van der Waals surface area contributed by atoms with E-state index in [-0.39, 0.29) is 24.4 Å². The largest absolute Gasteiger partial charge is 0.342 e. The summed E-state index contributed by atoms with van der Waals surface area (Å²) in [5.74, 6) is 1.17. The average Bonchev–Trinajstić information content (AvgIpc) is 2.89. The van der Waals surface area contributed by atoms with Gasteiger partial charge in [-0.25, -0.2) is 0 Å². The zero-order chi connectivity index (χ0) is 15.9. The number of rotatable bonds is 7. The fourth-order valence-electron chi connectivity index (χ4n) is 3.34. The topological polar surface area (TPSA) is 46.3 Å². The van der Waals surface area contributed by atoms with Crippen molar-refractivity contribution in [2.75, 3.05) is 13.1 Å². The van der Waals surface area contributed by atoms with Crippen LogP contribution >= 0.6 is 12.4 Å². The standard InChI is InChI=1S/C19H30N2O.ClH/c1-15(2)14-21(12-11-16-7-4-3-5-8-16)19(22)13-17-9-6-10-18(17)20;/h3-5,7-8,15,17-18H,6,9-14,20H2,1-2H3;1H/t17-,18+;/m0./s1. The van der Waals surface area contributed by atoms with E-state index in [1.807, 2.05) is 11.0 Å². The van der Waals surface area contributed by atoms with Crippen molar-refractivity contribution in [1.29, 1.82) is 0 Å². The molecule has 1 amide bonds.